The zero-order valence-corrected chi connectivity index (χ0v) is 25.4. The van der Waals surface area contributed by atoms with Crippen molar-refractivity contribution >= 4 is 11.5 Å². The van der Waals surface area contributed by atoms with Crippen molar-refractivity contribution in [3.05, 3.63) is 82.7 Å². The van der Waals surface area contributed by atoms with Crippen LogP contribution in [0.2, 0.25) is 0 Å². The highest BCUT2D eigenvalue weighted by Gasteiger charge is 2.45. The Hall–Kier alpha value is -3.30. The average Bonchev–Trinajstić information content (AvgIpc) is 3.73. The third-order valence-electron chi connectivity index (χ3n) is 9.22. The molecule has 7 N–H and O–H groups in total. The number of carbonyl (C=O) groups excluding carboxylic acids is 1. The molecule has 2 heterocycles. The molecule has 8 heteroatoms. The van der Waals surface area contributed by atoms with Crippen molar-refractivity contribution in [1.29, 1.82) is 0 Å². The number of carbonyl (C=O) groups is 1. The van der Waals surface area contributed by atoms with Gasteiger partial charge in [-0.05, 0) is 60.1 Å². The summed E-state index contributed by atoms with van der Waals surface area (Å²) in [5, 5.41) is 20.6. The molecule has 0 amide bonds. The van der Waals surface area contributed by atoms with Crippen molar-refractivity contribution in [2.24, 2.45) is 16.5 Å². The number of nitrogens with zero attached hydrogens (tertiary/aromatic N) is 1. The van der Waals surface area contributed by atoms with Crippen LogP contribution < -0.4 is 21.1 Å². The molecule has 0 bridgehead atoms. The number of phenols is 1. The normalized spacial score (nSPS) is 19.7. The molecule has 2 aromatic rings. The molecule has 2 unspecified atom stereocenters. The van der Waals surface area contributed by atoms with E-state index in [0.29, 0.717) is 38.3 Å². The third kappa shape index (κ3) is 7.27. The van der Waals surface area contributed by atoms with Crippen molar-refractivity contribution in [2.75, 3.05) is 13.3 Å². The van der Waals surface area contributed by atoms with E-state index in [0.717, 1.165) is 53.8 Å². The quantitative estimate of drug-likeness (QED) is 0.157. The van der Waals surface area contributed by atoms with Gasteiger partial charge in [-0.15, -0.1) is 0 Å². The van der Waals surface area contributed by atoms with Crippen LogP contribution in [-0.4, -0.2) is 41.1 Å². The number of benzene rings is 2. The SMILES string of the molecule is CCCCCC(O)CC(=O)CCc1ccc(O)c(OC[NH+]2C=C3C(C4(c5cccc(C(N)N)c5)CCCC4)=CN=C3C2)c1. The van der Waals surface area contributed by atoms with Gasteiger partial charge in [0.15, 0.2) is 11.5 Å². The van der Waals surface area contributed by atoms with Gasteiger partial charge in [-0.25, -0.2) is 0 Å². The lowest BCUT2D eigenvalue weighted by Gasteiger charge is -2.32. The van der Waals surface area contributed by atoms with E-state index in [-0.39, 0.29) is 23.4 Å². The summed E-state index contributed by atoms with van der Waals surface area (Å²) < 4.78 is 6.11. The number of aliphatic imine (C=N–C) groups is 1. The maximum absolute atomic E-state index is 12.4. The largest absolute Gasteiger partial charge is 0.504 e. The zero-order valence-electron chi connectivity index (χ0n) is 25.4. The lowest BCUT2D eigenvalue weighted by atomic mass is 9.70. The first-order valence-corrected chi connectivity index (χ1v) is 15.9. The van der Waals surface area contributed by atoms with Gasteiger partial charge < -0.3 is 26.4 Å². The molecule has 2 atom stereocenters. The number of phenolic OH excluding ortho intramolecular Hbond substituents is 1. The minimum atomic E-state index is -0.562. The fourth-order valence-corrected chi connectivity index (χ4v) is 6.80. The van der Waals surface area contributed by atoms with Crippen LogP contribution in [0.4, 0.5) is 0 Å². The Bertz CT molecular complexity index is 1390. The Morgan fingerprint density at radius 1 is 1.14 bits per heavy atom. The number of unbranched alkanes of at least 4 members (excludes halogenated alkanes) is 2. The zero-order chi connectivity index (χ0) is 30.4. The van der Waals surface area contributed by atoms with Crippen molar-refractivity contribution < 1.29 is 24.6 Å². The van der Waals surface area contributed by atoms with Crippen LogP contribution in [0.3, 0.4) is 0 Å². The topological polar surface area (TPSA) is 136 Å². The molecule has 3 aliphatic rings. The number of hydrogen-bond donors (Lipinski definition) is 5. The van der Waals surface area contributed by atoms with Crippen LogP contribution in [0.25, 0.3) is 0 Å². The fraction of sp³-hybridized carbons (Fsp3) is 0.486. The summed E-state index contributed by atoms with van der Waals surface area (Å²) in [6.45, 7) is 3.19. The lowest BCUT2D eigenvalue weighted by molar-refractivity contribution is -0.851. The summed E-state index contributed by atoms with van der Waals surface area (Å²) in [5.41, 5.74) is 18.6. The molecule has 2 aromatic carbocycles. The molecule has 0 aromatic heterocycles. The Morgan fingerprint density at radius 2 is 1.95 bits per heavy atom. The molecule has 0 spiro atoms. The Kier molecular flexibility index (Phi) is 10.1. The number of ether oxygens (including phenoxy) is 1. The number of hydrogen-bond acceptors (Lipinski definition) is 7. The van der Waals surface area contributed by atoms with E-state index >= 15 is 0 Å². The number of aromatic hydroxyl groups is 1. The van der Waals surface area contributed by atoms with E-state index in [1.165, 1.54) is 29.6 Å². The predicted octanol–water partition coefficient (Wildman–Crippen LogP) is 4.11. The number of rotatable bonds is 15. The molecular formula is C35H47N4O4+. The minimum absolute atomic E-state index is 0.0569. The molecule has 1 aliphatic carbocycles. The number of ketones is 1. The number of aliphatic hydroxyl groups excluding tert-OH is 1. The van der Waals surface area contributed by atoms with Gasteiger partial charge in [0.2, 0.25) is 6.73 Å². The number of fused-ring (bicyclic) bond motifs is 1. The number of aryl methyl sites for hydroxylation is 1. The highest BCUT2D eigenvalue weighted by molar-refractivity contribution is 6.08. The summed E-state index contributed by atoms with van der Waals surface area (Å²) in [6.07, 6.45) is 12.5. The van der Waals surface area contributed by atoms with Crippen LogP contribution in [-0.2, 0) is 16.6 Å². The molecule has 0 radical (unpaired) electrons. The van der Waals surface area contributed by atoms with Crippen molar-refractivity contribution in [1.82, 2.24) is 0 Å². The number of allylic oxidation sites excluding steroid dienone is 1. The Balaban J connectivity index is 1.21. The average molecular weight is 588 g/mol. The summed E-state index contributed by atoms with van der Waals surface area (Å²) in [7, 11) is 0. The Morgan fingerprint density at radius 3 is 2.72 bits per heavy atom. The number of nitrogens with one attached hydrogen (secondary N) is 1. The maximum Gasteiger partial charge on any atom is 0.227 e. The van der Waals surface area contributed by atoms with Crippen molar-refractivity contribution in [3.8, 4) is 11.5 Å². The molecule has 8 nitrogen and oxygen atoms in total. The van der Waals surface area contributed by atoms with Gasteiger partial charge in [-0.1, -0.05) is 69.4 Å². The van der Waals surface area contributed by atoms with Gasteiger partial charge in [0, 0.05) is 24.5 Å². The van der Waals surface area contributed by atoms with Crippen LogP contribution in [0, 0.1) is 0 Å². The second-order valence-corrected chi connectivity index (χ2v) is 12.4. The molecule has 230 valence electrons. The van der Waals surface area contributed by atoms with E-state index in [2.05, 4.69) is 37.5 Å². The molecule has 1 fully saturated rings. The molecule has 43 heavy (non-hydrogen) atoms. The summed E-state index contributed by atoms with van der Waals surface area (Å²) >= 11 is 0. The van der Waals surface area contributed by atoms with Gasteiger partial charge >= 0.3 is 0 Å². The molecule has 1 saturated carbocycles. The van der Waals surface area contributed by atoms with E-state index in [4.69, 9.17) is 21.2 Å². The van der Waals surface area contributed by atoms with Gasteiger partial charge in [-0.2, -0.15) is 0 Å². The second-order valence-electron chi connectivity index (χ2n) is 12.4. The van der Waals surface area contributed by atoms with Gasteiger partial charge in [0.05, 0.1) is 17.8 Å². The van der Waals surface area contributed by atoms with E-state index in [1.807, 2.05) is 18.2 Å². The van der Waals surface area contributed by atoms with Gasteiger partial charge in [0.25, 0.3) is 0 Å². The number of aliphatic hydroxyl groups is 1. The molecule has 2 aliphatic heterocycles. The van der Waals surface area contributed by atoms with Gasteiger partial charge in [-0.3, -0.25) is 14.7 Å². The fourth-order valence-electron chi connectivity index (χ4n) is 6.80. The highest BCUT2D eigenvalue weighted by Crippen LogP contribution is 2.50. The van der Waals surface area contributed by atoms with E-state index in [1.54, 1.807) is 6.07 Å². The van der Waals surface area contributed by atoms with E-state index in [9.17, 15) is 15.0 Å². The van der Waals surface area contributed by atoms with Gasteiger partial charge in [0.1, 0.15) is 24.2 Å². The molecular weight excluding hydrogens is 540 g/mol. The number of Topliss-reactive ketones (excluding diaryl/α,β-unsaturated/α-hetero) is 1. The summed E-state index contributed by atoms with van der Waals surface area (Å²) in [5.74, 6) is 0.544. The van der Waals surface area contributed by atoms with E-state index < -0.39 is 12.3 Å². The first-order valence-electron chi connectivity index (χ1n) is 15.9. The number of nitrogens with two attached hydrogens (primary N) is 2. The van der Waals surface area contributed by atoms with Crippen LogP contribution in [0.1, 0.15) is 94.0 Å². The first kappa shape index (κ1) is 31.1. The second kappa shape index (κ2) is 14.0. The maximum atomic E-state index is 12.4. The lowest BCUT2D eigenvalue weighted by Crippen LogP contribution is -3.07. The summed E-state index contributed by atoms with van der Waals surface area (Å²) in [6, 6.07) is 13.7. The van der Waals surface area contributed by atoms with Crippen LogP contribution in [0.15, 0.2) is 71.0 Å². The van der Waals surface area contributed by atoms with Crippen molar-refractivity contribution in [2.45, 2.75) is 95.2 Å². The summed E-state index contributed by atoms with van der Waals surface area (Å²) in [4.78, 5) is 18.4. The third-order valence-corrected chi connectivity index (χ3v) is 9.22. The van der Waals surface area contributed by atoms with Crippen molar-refractivity contribution in [3.63, 3.8) is 0 Å². The Labute approximate surface area is 255 Å². The van der Waals surface area contributed by atoms with Crippen LogP contribution >= 0.6 is 0 Å². The highest BCUT2D eigenvalue weighted by atomic mass is 16.5. The minimum Gasteiger partial charge on any atom is -0.504 e. The molecule has 0 saturated heterocycles. The molecule has 5 rings (SSSR count). The smallest absolute Gasteiger partial charge is 0.227 e. The van der Waals surface area contributed by atoms with Crippen LogP contribution in [0.5, 0.6) is 11.5 Å². The first-order chi connectivity index (χ1) is 20.8. The predicted molar refractivity (Wildman–Crippen MR) is 169 cm³/mol. The monoisotopic (exact) mass is 587 g/mol. The number of quaternary nitrogens is 1. The standard InChI is InChI=1S/C35H46N4O4/c1-2-3-4-10-27(40)19-28(41)13-11-24-12-14-32(42)33(17-24)43-23-39-21-29-30(20-38-31(29)22-39)35(15-5-6-16-35)26-9-7-8-25(18-26)34(36)37/h7-9,12,14,17-18,20-21,27,34,40,42H,2-6,10-11,13,15-16,19,22-23,36-37H2,1H3/p+1.